The Balaban J connectivity index is 2.00. The molecule has 1 N–H and O–H groups in total. The van der Waals surface area contributed by atoms with E-state index < -0.39 is 0 Å². The Kier molecular flexibility index (Phi) is 3.60. The van der Waals surface area contributed by atoms with E-state index in [1.807, 2.05) is 0 Å². The number of hydrogen-bond donors (Lipinski definition) is 1. The van der Waals surface area contributed by atoms with Gasteiger partial charge in [-0.25, -0.2) is 14.4 Å². The molecule has 2 heterocycles. The van der Waals surface area contributed by atoms with Crippen LogP contribution in [0.4, 0.5) is 4.39 Å². The Morgan fingerprint density at radius 2 is 2.00 bits per heavy atom. The number of nitrogens with zero attached hydrogens (tertiary/aromatic N) is 2. The van der Waals surface area contributed by atoms with E-state index in [0.29, 0.717) is 32.5 Å². The average molecular weight is 367 g/mol. The third kappa shape index (κ3) is 2.74. The van der Waals surface area contributed by atoms with Crippen LogP contribution in [0, 0.1) is 5.82 Å². The van der Waals surface area contributed by atoms with E-state index >= 15 is 0 Å². The van der Waals surface area contributed by atoms with Gasteiger partial charge in [-0.15, -0.1) is 11.3 Å². The zero-order valence-corrected chi connectivity index (χ0v) is 12.9. The van der Waals surface area contributed by atoms with E-state index in [0.717, 1.165) is 0 Å². The van der Waals surface area contributed by atoms with Gasteiger partial charge >= 0.3 is 0 Å². The Labute approximate surface area is 131 Å². The van der Waals surface area contributed by atoms with E-state index in [9.17, 15) is 9.50 Å². The van der Waals surface area contributed by atoms with Crippen molar-refractivity contribution in [3.8, 4) is 22.2 Å². The summed E-state index contributed by atoms with van der Waals surface area (Å²) < 4.78 is 18.9. The zero-order valence-electron chi connectivity index (χ0n) is 10.5. The predicted octanol–water partition coefficient (Wildman–Crippen LogP) is 4.90. The maximum Gasteiger partial charge on any atom is 0.228 e. The summed E-state index contributed by atoms with van der Waals surface area (Å²) in [6.07, 6.45) is 0. The molecular formula is C14H8BrFN2O2S. The molecule has 3 rings (SSSR count). The first-order valence-electron chi connectivity index (χ1n) is 5.81. The van der Waals surface area contributed by atoms with Gasteiger partial charge in [0.25, 0.3) is 0 Å². The van der Waals surface area contributed by atoms with Crippen molar-refractivity contribution < 1.29 is 13.9 Å². The van der Waals surface area contributed by atoms with E-state index in [1.165, 1.54) is 23.5 Å². The van der Waals surface area contributed by atoms with Gasteiger partial charge < -0.3 is 9.52 Å². The number of thiazole rings is 1. The summed E-state index contributed by atoms with van der Waals surface area (Å²) in [6, 6.07) is 5.84. The minimum absolute atomic E-state index is 0.101. The summed E-state index contributed by atoms with van der Waals surface area (Å²) in [5.41, 5.74) is 1.58. The molecule has 21 heavy (non-hydrogen) atoms. The highest BCUT2D eigenvalue weighted by Gasteiger charge is 2.18. The molecule has 0 aliphatic rings. The molecule has 3 aromatic rings. The van der Waals surface area contributed by atoms with Crippen molar-refractivity contribution in [1.82, 2.24) is 9.97 Å². The second-order valence-electron chi connectivity index (χ2n) is 4.13. The van der Waals surface area contributed by atoms with E-state index in [2.05, 4.69) is 32.5 Å². The number of oxazole rings is 1. The second kappa shape index (κ2) is 5.42. The average Bonchev–Trinajstić information content (AvgIpc) is 3.06. The number of aliphatic hydroxyl groups is 1. The molecule has 0 aliphatic heterocycles. The fourth-order valence-corrected chi connectivity index (χ4v) is 3.04. The number of halogens is 2. The standard InChI is InChI=1S/C14H8BrFN2O2S/c1-7(19)10-6-21-14(17-10)11-12(15)20-13(18-11)8-2-4-9(16)5-3-8/h2-6,19H,1H2. The summed E-state index contributed by atoms with van der Waals surface area (Å²) in [5.74, 6) is -0.0667. The number of aromatic nitrogens is 2. The highest BCUT2D eigenvalue weighted by atomic mass is 79.9. The molecule has 1 aromatic carbocycles. The fraction of sp³-hybridized carbons (Fsp3) is 0. The van der Waals surface area contributed by atoms with Crippen LogP contribution in [0.15, 0.2) is 45.3 Å². The molecule has 2 aromatic heterocycles. The molecule has 0 saturated carbocycles. The van der Waals surface area contributed by atoms with E-state index in [4.69, 9.17) is 4.42 Å². The van der Waals surface area contributed by atoms with Crippen LogP contribution in [0.3, 0.4) is 0 Å². The van der Waals surface area contributed by atoms with Gasteiger partial charge in [0.1, 0.15) is 22.3 Å². The van der Waals surface area contributed by atoms with Gasteiger partial charge in [0, 0.05) is 10.9 Å². The Morgan fingerprint density at radius 1 is 1.29 bits per heavy atom. The van der Waals surface area contributed by atoms with Crippen molar-refractivity contribution in [2.75, 3.05) is 0 Å². The van der Waals surface area contributed by atoms with Crippen LogP contribution in [-0.4, -0.2) is 15.1 Å². The first-order chi connectivity index (χ1) is 10.0. The maximum atomic E-state index is 12.9. The normalized spacial score (nSPS) is 10.8. The highest BCUT2D eigenvalue weighted by molar-refractivity contribution is 9.10. The van der Waals surface area contributed by atoms with Crippen molar-refractivity contribution in [3.05, 3.63) is 52.4 Å². The van der Waals surface area contributed by atoms with Crippen LogP contribution in [-0.2, 0) is 0 Å². The second-order valence-corrected chi connectivity index (χ2v) is 5.71. The van der Waals surface area contributed by atoms with Gasteiger partial charge in [-0.1, -0.05) is 6.58 Å². The molecule has 0 fully saturated rings. The van der Waals surface area contributed by atoms with Crippen LogP contribution in [0.5, 0.6) is 0 Å². The van der Waals surface area contributed by atoms with Gasteiger partial charge in [-0.05, 0) is 40.2 Å². The van der Waals surface area contributed by atoms with E-state index in [-0.39, 0.29) is 11.6 Å². The number of benzene rings is 1. The maximum absolute atomic E-state index is 12.9. The third-order valence-corrected chi connectivity index (χ3v) is 4.07. The highest BCUT2D eigenvalue weighted by Crippen LogP contribution is 2.34. The van der Waals surface area contributed by atoms with Gasteiger partial charge in [-0.3, -0.25) is 0 Å². The third-order valence-electron chi connectivity index (χ3n) is 2.68. The van der Waals surface area contributed by atoms with E-state index in [1.54, 1.807) is 17.5 Å². The molecule has 0 spiro atoms. The van der Waals surface area contributed by atoms with Crippen molar-refractivity contribution in [1.29, 1.82) is 0 Å². The summed E-state index contributed by atoms with van der Waals surface area (Å²) in [4.78, 5) is 8.57. The van der Waals surface area contributed by atoms with Gasteiger partial charge in [0.15, 0.2) is 5.69 Å². The molecule has 0 atom stereocenters. The first-order valence-corrected chi connectivity index (χ1v) is 7.48. The van der Waals surface area contributed by atoms with Crippen molar-refractivity contribution in [3.63, 3.8) is 0 Å². The minimum Gasteiger partial charge on any atom is -0.506 e. The Hall–Kier alpha value is -1.99. The van der Waals surface area contributed by atoms with Crippen LogP contribution in [0.25, 0.3) is 27.9 Å². The summed E-state index contributed by atoms with van der Waals surface area (Å²) in [5, 5.41) is 11.6. The molecule has 0 unspecified atom stereocenters. The molecule has 0 aliphatic carbocycles. The molecule has 0 saturated heterocycles. The largest absolute Gasteiger partial charge is 0.506 e. The summed E-state index contributed by atoms with van der Waals surface area (Å²) >= 11 is 4.60. The summed E-state index contributed by atoms with van der Waals surface area (Å²) in [7, 11) is 0. The lowest BCUT2D eigenvalue weighted by molar-refractivity contribution is 0.511. The quantitative estimate of drug-likeness (QED) is 0.670. The number of aliphatic hydroxyl groups excluding tert-OH is 1. The minimum atomic E-state index is -0.324. The number of hydrogen-bond acceptors (Lipinski definition) is 5. The molecule has 4 nitrogen and oxygen atoms in total. The van der Waals surface area contributed by atoms with Crippen LogP contribution < -0.4 is 0 Å². The topological polar surface area (TPSA) is 59.2 Å². The van der Waals surface area contributed by atoms with Crippen LogP contribution >= 0.6 is 27.3 Å². The fourth-order valence-electron chi connectivity index (χ4n) is 1.66. The molecular weight excluding hydrogens is 359 g/mol. The van der Waals surface area contributed by atoms with Crippen molar-refractivity contribution in [2.45, 2.75) is 0 Å². The van der Waals surface area contributed by atoms with Crippen molar-refractivity contribution in [2.24, 2.45) is 0 Å². The molecule has 0 amide bonds. The Bertz CT molecular complexity index is 811. The lowest BCUT2D eigenvalue weighted by atomic mass is 10.2. The molecule has 0 bridgehead atoms. The summed E-state index contributed by atoms with van der Waals surface area (Å²) in [6.45, 7) is 3.42. The SMILES string of the molecule is C=C(O)c1csc(-c2nc(-c3ccc(F)cc3)oc2Br)n1. The van der Waals surface area contributed by atoms with Gasteiger partial charge in [-0.2, -0.15) is 0 Å². The van der Waals surface area contributed by atoms with Gasteiger partial charge in [0.2, 0.25) is 10.6 Å². The lowest BCUT2D eigenvalue weighted by Crippen LogP contribution is -1.83. The monoisotopic (exact) mass is 366 g/mol. The number of rotatable bonds is 3. The smallest absolute Gasteiger partial charge is 0.228 e. The Morgan fingerprint density at radius 3 is 2.62 bits per heavy atom. The molecule has 7 heteroatoms. The molecule has 106 valence electrons. The lowest BCUT2D eigenvalue weighted by Gasteiger charge is -1.93. The van der Waals surface area contributed by atoms with Crippen LogP contribution in [0.1, 0.15) is 5.69 Å². The van der Waals surface area contributed by atoms with Gasteiger partial charge in [0.05, 0.1) is 0 Å². The predicted molar refractivity (Wildman–Crippen MR) is 82.4 cm³/mol. The zero-order chi connectivity index (χ0) is 15.0. The molecule has 0 radical (unpaired) electrons. The van der Waals surface area contributed by atoms with Crippen molar-refractivity contribution >= 4 is 33.0 Å². The van der Waals surface area contributed by atoms with Crippen LogP contribution in [0.2, 0.25) is 0 Å². The first kappa shape index (κ1) is 14.0.